The fourth-order valence-corrected chi connectivity index (χ4v) is 1.35. The summed E-state index contributed by atoms with van der Waals surface area (Å²) in [5.74, 6) is 0.0611. The van der Waals surface area contributed by atoms with Crippen molar-refractivity contribution in [3.05, 3.63) is 30.1 Å². The molecule has 18 heavy (non-hydrogen) atoms. The van der Waals surface area contributed by atoms with E-state index in [0.717, 1.165) is 12.0 Å². The molecule has 5 nitrogen and oxygen atoms in total. The molecule has 0 fully saturated rings. The first-order valence-electron chi connectivity index (χ1n) is 6.04. The average Bonchev–Trinajstić information content (AvgIpc) is 2.35. The van der Waals surface area contributed by atoms with Crippen molar-refractivity contribution < 1.29 is 9.59 Å². The van der Waals surface area contributed by atoms with Crippen LogP contribution in [0.2, 0.25) is 0 Å². The van der Waals surface area contributed by atoms with Crippen LogP contribution >= 0.6 is 0 Å². The summed E-state index contributed by atoms with van der Waals surface area (Å²) in [7, 11) is 0. The van der Waals surface area contributed by atoms with Crippen molar-refractivity contribution in [1.29, 1.82) is 0 Å². The largest absolute Gasteiger partial charge is 0.273 e. The van der Waals surface area contributed by atoms with E-state index in [1.165, 1.54) is 0 Å². The standard InChI is InChI=1S/C13H19N3O2/c1-10(2)5-6-12(17)15-16-13(18)8-11-4-3-7-14-9-11/h3-4,7,9-10H,5-6,8H2,1-2H3,(H,15,17)(H,16,18). The monoisotopic (exact) mass is 249 g/mol. The van der Waals surface area contributed by atoms with Crippen molar-refractivity contribution in [3.8, 4) is 0 Å². The Balaban J connectivity index is 2.23. The van der Waals surface area contributed by atoms with Crippen LogP contribution in [0.15, 0.2) is 24.5 Å². The molecular formula is C13H19N3O2. The van der Waals surface area contributed by atoms with Crippen molar-refractivity contribution in [2.75, 3.05) is 0 Å². The van der Waals surface area contributed by atoms with E-state index in [2.05, 4.69) is 15.8 Å². The van der Waals surface area contributed by atoms with Gasteiger partial charge in [0, 0.05) is 18.8 Å². The van der Waals surface area contributed by atoms with E-state index >= 15 is 0 Å². The Labute approximate surface area is 107 Å². The minimum absolute atomic E-state index is 0.164. The van der Waals surface area contributed by atoms with E-state index in [9.17, 15) is 9.59 Å². The SMILES string of the molecule is CC(C)CCC(=O)NNC(=O)Cc1cccnc1. The third-order valence-corrected chi connectivity index (χ3v) is 2.38. The van der Waals surface area contributed by atoms with Gasteiger partial charge in [-0.05, 0) is 24.0 Å². The van der Waals surface area contributed by atoms with Gasteiger partial charge in [0.25, 0.3) is 0 Å². The predicted octanol–water partition coefficient (Wildman–Crippen LogP) is 1.21. The summed E-state index contributed by atoms with van der Waals surface area (Å²) in [6, 6.07) is 3.58. The number of rotatable bonds is 5. The first kappa shape index (κ1) is 14.2. The van der Waals surface area contributed by atoms with Gasteiger partial charge in [0.2, 0.25) is 11.8 Å². The van der Waals surface area contributed by atoms with Gasteiger partial charge >= 0.3 is 0 Å². The molecule has 0 atom stereocenters. The Kier molecular flexibility index (Phi) is 5.84. The molecule has 2 N–H and O–H groups in total. The number of carbonyl (C=O) groups is 2. The van der Waals surface area contributed by atoms with Crippen molar-refractivity contribution in [2.45, 2.75) is 33.1 Å². The maximum atomic E-state index is 11.5. The number of hydrazine groups is 1. The molecule has 5 heteroatoms. The third kappa shape index (κ3) is 5.98. The second-order valence-corrected chi connectivity index (χ2v) is 4.57. The summed E-state index contributed by atoms with van der Waals surface area (Å²) < 4.78 is 0. The van der Waals surface area contributed by atoms with E-state index in [4.69, 9.17) is 0 Å². The Hall–Kier alpha value is -1.91. The van der Waals surface area contributed by atoms with E-state index in [1.807, 2.05) is 19.9 Å². The van der Waals surface area contributed by atoms with Gasteiger partial charge in [-0.1, -0.05) is 19.9 Å². The lowest BCUT2D eigenvalue weighted by molar-refractivity contribution is -0.128. The molecular weight excluding hydrogens is 230 g/mol. The van der Waals surface area contributed by atoms with Crippen LogP contribution in [0.25, 0.3) is 0 Å². The fraction of sp³-hybridized carbons (Fsp3) is 0.462. The minimum atomic E-state index is -0.249. The lowest BCUT2D eigenvalue weighted by Crippen LogP contribution is -2.42. The molecule has 0 bridgehead atoms. The van der Waals surface area contributed by atoms with Crippen LogP contribution in [-0.2, 0) is 16.0 Å². The van der Waals surface area contributed by atoms with Crippen LogP contribution in [0.4, 0.5) is 0 Å². The van der Waals surface area contributed by atoms with Crippen molar-refractivity contribution in [3.63, 3.8) is 0 Å². The molecule has 0 radical (unpaired) electrons. The molecule has 0 unspecified atom stereocenters. The smallest absolute Gasteiger partial charge is 0.242 e. The molecule has 0 saturated heterocycles. The van der Waals surface area contributed by atoms with Gasteiger partial charge in [-0.25, -0.2) is 0 Å². The van der Waals surface area contributed by atoms with Crippen molar-refractivity contribution >= 4 is 11.8 Å². The molecule has 2 amide bonds. The first-order valence-corrected chi connectivity index (χ1v) is 6.04. The van der Waals surface area contributed by atoms with Crippen LogP contribution < -0.4 is 10.9 Å². The van der Waals surface area contributed by atoms with E-state index in [-0.39, 0.29) is 18.2 Å². The molecule has 0 aliphatic carbocycles. The maximum Gasteiger partial charge on any atom is 0.242 e. The van der Waals surface area contributed by atoms with E-state index in [0.29, 0.717) is 12.3 Å². The summed E-state index contributed by atoms with van der Waals surface area (Å²) >= 11 is 0. The molecule has 1 aromatic heterocycles. The van der Waals surface area contributed by atoms with Crippen molar-refractivity contribution in [2.24, 2.45) is 5.92 Å². The Morgan fingerprint density at radius 1 is 1.28 bits per heavy atom. The summed E-state index contributed by atoms with van der Waals surface area (Å²) in [4.78, 5) is 26.8. The number of amides is 2. The van der Waals surface area contributed by atoms with Gasteiger partial charge in [0.1, 0.15) is 0 Å². The second-order valence-electron chi connectivity index (χ2n) is 4.57. The van der Waals surface area contributed by atoms with Crippen LogP contribution in [-0.4, -0.2) is 16.8 Å². The zero-order valence-corrected chi connectivity index (χ0v) is 10.8. The van der Waals surface area contributed by atoms with Gasteiger partial charge < -0.3 is 0 Å². The van der Waals surface area contributed by atoms with Crippen LogP contribution in [0.5, 0.6) is 0 Å². The number of hydrogen-bond acceptors (Lipinski definition) is 3. The minimum Gasteiger partial charge on any atom is -0.273 e. The lowest BCUT2D eigenvalue weighted by atomic mass is 10.1. The molecule has 98 valence electrons. The van der Waals surface area contributed by atoms with Crippen LogP contribution in [0.3, 0.4) is 0 Å². The maximum absolute atomic E-state index is 11.5. The number of carbonyl (C=O) groups excluding carboxylic acids is 2. The Morgan fingerprint density at radius 2 is 2.00 bits per heavy atom. The van der Waals surface area contributed by atoms with E-state index in [1.54, 1.807) is 18.5 Å². The van der Waals surface area contributed by atoms with Gasteiger partial charge in [0.15, 0.2) is 0 Å². The molecule has 0 aliphatic heterocycles. The van der Waals surface area contributed by atoms with Gasteiger partial charge in [-0.3, -0.25) is 25.4 Å². The van der Waals surface area contributed by atoms with Crippen molar-refractivity contribution in [1.82, 2.24) is 15.8 Å². The van der Waals surface area contributed by atoms with Gasteiger partial charge in [-0.15, -0.1) is 0 Å². The number of aromatic nitrogens is 1. The van der Waals surface area contributed by atoms with E-state index < -0.39 is 0 Å². The second kappa shape index (κ2) is 7.42. The quantitative estimate of drug-likeness (QED) is 0.770. The number of hydrogen-bond donors (Lipinski definition) is 2. The highest BCUT2D eigenvalue weighted by atomic mass is 16.2. The van der Waals surface area contributed by atoms with Gasteiger partial charge in [-0.2, -0.15) is 0 Å². The molecule has 1 heterocycles. The Bertz CT molecular complexity index is 390. The molecule has 0 aliphatic rings. The summed E-state index contributed by atoms with van der Waals surface area (Å²) in [6.45, 7) is 4.10. The normalized spacial score (nSPS) is 10.2. The average molecular weight is 249 g/mol. The van der Waals surface area contributed by atoms with Crippen LogP contribution in [0, 0.1) is 5.92 Å². The number of nitrogens with zero attached hydrogens (tertiary/aromatic N) is 1. The zero-order chi connectivity index (χ0) is 13.4. The summed E-state index contributed by atoms with van der Waals surface area (Å²) in [5, 5.41) is 0. The van der Waals surface area contributed by atoms with Gasteiger partial charge in [0.05, 0.1) is 6.42 Å². The highest BCUT2D eigenvalue weighted by Crippen LogP contribution is 2.02. The first-order chi connectivity index (χ1) is 8.58. The molecule has 1 rings (SSSR count). The third-order valence-electron chi connectivity index (χ3n) is 2.38. The summed E-state index contributed by atoms with van der Waals surface area (Å²) in [5.41, 5.74) is 5.60. The lowest BCUT2D eigenvalue weighted by Gasteiger charge is -2.08. The molecule has 1 aromatic rings. The Morgan fingerprint density at radius 3 is 2.61 bits per heavy atom. The predicted molar refractivity (Wildman–Crippen MR) is 68.3 cm³/mol. The molecule has 0 aromatic carbocycles. The molecule has 0 spiro atoms. The zero-order valence-electron chi connectivity index (χ0n) is 10.8. The topological polar surface area (TPSA) is 71.1 Å². The fourth-order valence-electron chi connectivity index (χ4n) is 1.35. The van der Waals surface area contributed by atoms with Crippen LogP contribution in [0.1, 0.15) is 32.3 Å². The molecule has 0 saturated carbocycles. The number of nitrogens with one attached hydrogen (secondary N) is 2. The highest BCUT2D eigenvalue weighted by Gasteiger charge is 2.06. The highest BCUT2D eigenvalue weighted by molar-refractivity contribution is 5.83. The summed E-state index contributed by atoms with van der Waals surface area (Å²) in [6.07, 6.45) is 4.71. The number of pyridine rings is 1.